The molecular formula is C11H14N4O. The Bertz CT molecular complexity index is 480. The van der Waals surface area contributed by atoms with Crippen molar-refractivity contribution >= 4 is 0 Å². The van der Waals surface area contributed by atoms with Crippen LogP contribution in [0.15, 0.2) is 22.9 Å². The second-order valence-electron chi connectivity index (χ2n) is 3.69. The minimum Gasteiger partial charge on any atom is -0.337 e. The van der Waals surface area contributed by atoms with E-state index in [-0.39, 0.29) is 6.04 Å². The van der Waals surface area contributed by atoms with Crippen LogP contribution < -0.4 is 5.73 Å². The van der Waals surface area contributed by atoms with Crippen LogP contribution in [0.1, 0.15) is 30.8 Å². The Balaban J connectivity index is 2.31. The monoisotopic (exact) mass is 218 g/mol. The third-order valence-corrected chi connectivity index (χ3v) is 2.34. The highest BCUT2D eigenvalue weighted by Gasteiger charge is 2.14. The smallest absolute Gasteiger partial charge is 0.243 e. The van der Waals surface area contributed by atoms with Crippen LogP contribution in [0.25, 0.3) is 11.5 Å². The molecule has 84 valence electrons. The van der Waals surface area contributed by atoms with E-state index in [0.717, 1.165) is 12.0 Å². The molecule has 0 amide bonds. The second kappa shape index (κ2) is 4.40. The van der Waals surface area contributed by atoms with E-state index in [1.165, 1.54) is 0 Å². The lowest BCUT2D eigenvalue weighted by Gasteiger charge is -1.99. The number of hydrogen-bond acceptors (Lipinski definition) is 5. The van der Waals surface area contributed by atoms with Crippen LogP contribution in [0.2, 0.25) is 0 Å². The first-order valence-corrected chi connectivity index (χ1v) is 5.23. The second-order valence-corrected chi connectivity index (χ2v) is 3.69. The number of rotatable bonds is 3. The Morgan fingerprint density at radius 1 is 1.50 bits per heavy atom. The van der Waals surface area contributed by atoms with Gasteiger partial charge in [-0.3, -0.25) is 4.98 Å². The maximum absolute atomic E-state index is 5.80. The van der Waals surface area contributed by atoms with Gasteiger partial charge in [-0.1, -0.05) is 12.1 Å². The molecule has 5 heteroatoms. The van der Waals surface area contributed by atoms with E-state index in [9.17, 15) is 0 Å². The molecule has 0 aliphatic heterocycles. The Morgan fingerprint density at radius 2 is 2.31 bits per heavy atom. The van der Waals surface area contributed by atoms with Gasteiger partial charge < -0.3 is 10.3 Å². The molecular weight excluding hydrogens is 204 g/mol. The minimum atomic E-state index is -0.203. The Labute approximate surface area is 93.7 Å². The molecule has 0 aliphatic carbocycles. The summed E-state index contributed by atoms with van der Waals surface area (Å²) in [4.78, 5) is 8.41. The van der Waals surface area contributed by atoms with Crippen molar-refractivity contribution in [2.75, 3.05) is 0 Å². The van der Waals surface area contributed by atoms with Crippen LogP contribution in [0.5, 0.6) is 0 Å². The molecule has 2 heterocycles. The van der Waals surface area contributed by atoms with Gasteiger partial charge in [0.15, 0.2) is 0 Å². The van der Waals surface area contributed by atoms with Gasteiger partial charge in [0.25, 0.3) is 0 Å². The van der Waals surface area contributed by atoms with Crippen molar-refractivity contribution in [2.45, 2.75) is 26.3 Å². The number of pyridine rings is 1. The molecule has 0 aliphatic rings. The largest absolute Gasteiger partial charge is 0.337 e. The molecule has 0 aromatic carbocycles. The summed E-state index contributed by atoms with van der Waals surface area (Å²) >= 11 is 0. The van der Waals surface area contributed by atoms with Gasteiger partial charge in [0.2, 0.25) is 11.7 Å². The van der Waals surface area contributed by atoms with Crippen molar-refractivity contribution in [1.29, 1.82) is 0 Å². The first kappa shape index (κ1) is 10.8. The maximum Gasteiger partial charge on any atom is 0.243 e. The summed E-state index contributed by atoms with van der Waals surface area (Å²) in [6.45, 7) is 3.96. The zero-order valence-corrected chi connectivity index (χ0v) is 9.34. The number of aryl methyl sites for hydroxylation is 1. The summed E-state index contributed by atoms with van der Waals surface area (Å²) in [5.41, 5.74) is 7.61. The van der Waals surface area contributed by atoms with E-state index >= 15 is 0 Å². The third kappa shape index (κ3) is 2.09. The molecule has 0 fully saturated rings. The lowest BCUT2D eigenvalue weighted by atomic mass is 10.2. The molecule has 2 aromatic rings. The predicted octanol–water partition coefficient (Wildman–Crippen LogP) is 1.85. The fraction of sp³-hybridized carbons (Fsp3) is 0.364. The highest BCUT2D eigenvalue weighted by molar-refractivity contribution is 5.48. The molecule has 2 aromatic heterocycles. The highest BCUT2D eigenvalue weighted by atomic mass is 16.5. The van der Waals surface area contributed by atoms with Crippen molar-refractivity contribution in [3.63, 3.8) is 0 Å². The average molecular weight is 218 g/mol. The zero-order chi connectivity index (χ0) is 11.5. The molecule has 0 bridgehead atoms. The molecule has 0 saturated carbocycles. The van der Waals surface area contributed by atoms with E-state index in [0.29, 0.717) is 17.4 Å². The zero-order valence-electron chi connectivity index (χ0n) is 9.34. The summed E-state index contributed by atoms with van der Waals surface area (Å²) in [7, 11) is 0. The van der Waals surface area contributed by atoms with Gasteiger partial charge in [0.1, 0.15) is 5.69 Å². The molecule has 16 heavy (non-hydrogen) atoms. The molecule has 5 nitrogen and oxygen atoms in total. The van der Waals surface area contributed by atoms with Crippen molar-refractivity contribution in [3.8, 4) is 11.5 Å². The van der Waals surface area contributed by atoms with Crippen molar-refractivity contribution in [1.82, 2.24) is 15.1 Å². The molecule has 0 unspecified atom stereocenters. The molecule has 0 radical (unpaired) electrons. The van der Waals surface area contributed by atoms with E-state index in [1.807, 2.05) is 26.0 Å². The van der Waals surface area contributed by atoms with Gasteiger partial charge in [0, 0.05) is 6.20 Å². The van der Waals surface area contributed by atoms with Crippen LogP contribution in [0.4, 0.5) is 0 Å². The number of nitrogens with zero attached hydrogens (tertiary/aromatic N) is 3. The van der Waals surface area contributed by atoms with Crippen LogP contribution in [0, 0.1) is 6.92 Å². The van der Waals surface area contributed by atoms with Crippen LogP contribution in [0.3, 0.4) is 0 Å². The number of hydrogen-bond donors (Lipinski definition) is 1. The SMILES string of the molecule is CC[C@H](N)c1nc(-c2cc(C)ccn2)no1. The van der Waals surface area contributed by atoms with Gasteiger partial charge >= 0.3 is 0 Å². The molecule has 0 saturated heterocycles. The van der Waals surface area contributed by atoms with Gasteiger partial charge in [-0.15, -0.1) is 0 Å². The summed E-state index contributed by atoms with van der Waals surface area (Å²) in [6.07, 6.45) is 2.49. The fourth-order valence-electron chi connectivity index (χ4n) is 1.32. The number of aromatic nitrogens is 3. The first-order valence-electron chi connectivity index (χ1n) is 5.23. The number of nitrogens with two attached hydrogens (primary N) is 1. The first-order chi connectivity index (χ1) is 7.70. The van der Waals surface area contributed by atoms with Gasteiger partial charge in [-0.25, -0.2) is 0 Å². The highest BCUT2D eigenvalue weighted by Crippen LogP contribution is 2.17. The quantitative estimate of drug-likeness (QED) is 0.850. The standard InChI is InChI=1S/C11H14N4O/c1-3-8(12)11-14-10(15-16-11)9-6-7(2)4-5-13-9/h4-6,8H,3,12H2,1-2H3/t8-/m0/s1. The van der Waals surface area contributed by atoms with Crippen LogP contribution in [-0.2, 0) is 0 Å². The topological polar surface area (TPSA) is 77.8 Å². The van der Waals surface area contributed by atoms with Crippen LogP contribution in [-0.4, -0.2) is 15.1 Å². The Hall–Kier alpha value is -1.75. The Kier molecular flexibility index (Phi) is 2.96. The summed E-state index contributed by atoms with van der Waals surface area (Å²) in [5, 5.41) is 3.87. The maximum atomic E-state index is 5.80. The van der Waals surface area contributed by atoms with Gasteiger partial charge in [-0.2, -0.15) is 4.98 Å². The van der Waals surface area contributed by atoms with E-state index in [1.54, 1.807) is 6.20 Å². The van der Waals surface area contributed by atoms with E-state index in [4.69, 9.17) is 10.3 Å². The average Bonchev–Trinajstić information content (AvgIpc) is 2.77. The summed E-state index contributed by atoms with van der Waals surface area (Å²) < 4.78 is 5.09. The van der Waals surface area contributed by atoms with E-state index < -0.39 is 0 Å². The van der Waals surface area contributed by atoms with Crippen molar-refractivity contribution < 1.29 is 4.52 Å². The fourth-order valence-corrected chi connectivity index (χ4v) is 1.32. The van der Waals surface area contributed by atoms with Gasteiger partial charge in [0.05, 0.1) is 6.04 Å². The third-order valence-electron chi connectivity index (χ3n) is 2.34. The summed E-state index contributed by atoms with van der Waals surface area (Å²) in [5.74, 6) is 0.948. The minimum absolute atomic E-state index is 0.203. The molecule has 0 spiro atoms. The molecule has 1 atom stereocenters. The normalized spacial score (nSPS) is 12.7. The van der Waals surface area contributed by atoms with Crippen molar-refractivity contribution in [3.05, 3.63) is 29.8 Å². The van der Waals surface area contributed by atoms with Gasteiger partial charge in [-0.05, 0) is 31.0 Å². The van der Waals surface area contributed by atoms with Crippen molar-refractivity contribution in [2.24, 2.45) is 5.73 Å². The van der Waals surface area contributed by atoms with E-state index in [2.05, 4.69) is 15.1 Å². The lowest BCUT2D eigenvalue weighted by molar-refractivity contribution is 0.352. The lowest BCUT2D eigenvalue weighted by Crippen LogP contribution is -2.08. The molecule has 2 rings (SSSR count). The Morgan fingerprint density at radius 3 is 3.00 bits per heavy atom. The van der Waals surface area contributed by atoms with Crippen LogP contribution >= 0.6 is 0 Å². The summed E-state index contributed by atoms with van der Waals surface area (Å²) in [6, 6.07) is 3.63. The predicted molar refractivity (Wildman–Crippen MR) is 59.5 cm³/mol. The molecule has 2 N–H and O–H groups in total.